The molecule has 0 saturated carbocycles. The number of nitrogens with two attached hydrogens (primary N) is 1. The smallest absolute Gasteiger partial charge is 0.120 e. The maximum atomic E-state index is 12.4. The molecule has 0 spiro atoms. The van der Waals surface area contributed by atoms with Crippen LogP contribution in [-0.2, 0) is 16.6 Å². The van der Waals surface area contributed by atoms with Gasteiger partial charge in [0.15, 0.2) is 0 Å². The van der Waals surface area contributed by atoms with E-state index in [1.807, 2.05) is 0 Å². The molecule has 2 aromatic carbocycles. The number of hydrogen-bond donors (Lipinski definition) is 1. The Morgan fingerprint density at radius 3 is 2.65 bits per heavy atom. The molecule has 2 N–H and O–H groups in total. The summed E-state index contributed by atoms with van der Waals surface area (Å²) in [5.41, 5.74) is 7.04. The van der Waals surface area contributed by atoms with Gasteiger partial charge in [0, 0.05) is 15.7 Å². The Morgan fingerprint density at radius 1 is 1.20 bits per heavy atom. The average molecular weight is 330 g/mol. The van der Waals surface area contributed by atoms with E-state index in [4.69, 9.17) is 33.7 Å². The van der Waals surface area contributed by atoms with Crippen LogP contribution in [0.1, 0.15) is 5.56 Å². The van der Waals surface area contributed by atoms with Gasteiger partial charge in [-0.05, 0) is 42.0 Å². The maximum Gasteiger partial charge on any atom is 0.120 e. The minimum absolute atomic E-state index is 0.247. The molecular weight excluding hydrogens is 317 g/mol. The maximum absolute atomic E-state index is 12.4. The number of rotatable bonds is 4. The lowest BCUT2D eigenvalue weighted by Gasteiger charge is -2.09. The molecule has 0 bridgehead atoms. The Kier molecular flexibility index (Phi) is 4.91. The van der Waals surface area contributed by atoms with E-state index in [-0.39, 0.29) is 5.75 Å². The van der Waals surface area contributed by atoms with Crippen LogP contribution in [0.25, 0.3) is 0 Å². The van der Waals surface area contributed by atoms with Crippen molar-refractivity contribution in [3.05, 3.63) is 52.0 Å². The molecule has 0 aliphatic carbocycles. The Labute approximate surface area is 130 Å². The molecule has 0 aliphatic rings. The second kappa shape index (κ2) is 6.48. The highest BCUT2D eigenvalue weighted by molar-refractivity contribution is 7.84. The number of anilines is 1. The molecule has 20 heavy (non-hydrogen) atoms. The Balaban J connectivity index is 2.30. The molecule has 1 unspecified atom stereocenters. The fraction of sp³-hybridized carbons (Fsp3) is 0.143. The molecule has 106 valence electrons. The van der Waals surface area contributed by atoms with Gasteiger partial charge in [0.25, 0.3) is 0 Å². The zero-order chi connectivity index (χ0) is 14.7. The summed E-state index contributed by atoms with van der Waals surface area (Å²) in [5, 5.41) is 1.09. The van der Waals surface area contributed by atoms with Gasteiger partial charge in [-0.25, -0.2) is 0 Å². The van der Waals surface area contributed by atoms with Crippen molar-refractivity contribution >= 4 is 39.7 Å². The zero-order valence-corrected chi connectivity index (χ0v) is 13.1. The second-order valence-corrected chi connectivity index (χ2v) is 6.39. The van der Waals surface area contributed by atoms with Gasteiger partial charge < -0.3 is 10.5 Å². The van der Waals surface area contributed by atoms with E-state index >= 15 is 0 Å². The lowest BCUT2D eigenvalue weighted by atomic mass is 10.2. The fourth-order valence-electron chi connectivity index (χ4n) is 1.71. The van der Waals surface area contributed by atoms with Gasteiger partial charge in [-0.2, -0.15) is 0 Å². The van der Waals surface area contributed by atoms with Crippen LogP contribution in [0.15, 0.2) is 41.3 Å². The van der Waals surface area contributed by atoms with Gasteiger partial charge in [-0.15, -0.1) is 0 Å². The largest absolute Gasteiger partial charge is 0.497 e. The third-order valence-corrected chi connectivity index (χ3v) is 4.78. The number of methoxy groups -OCH3 is 1. The summed E-state index contributed by atoms with van der Waals surface area (Å²) in [5.74, 6) is 0.858. The molecule has 0 saturated heterocycles. The van der Waals surface area contributed by atoms with Gasteiger partial charge in [0.2, 0.25) is 0 Å². The minimum Gasteiger partial charge on any atom is -0.497 e. The first-order valence-electron chi connectivity index (χ1n) is 5.77. The topological polar surface area (TPSA) is 52.3 Å². The molecule has 0 aliphatic heterocycles. The van der Waals surface area contributed by atoms with Crippen LogP contribution in [0, 0.1) is 0 Å². The lowest BCUT2D eigenvalue weighted by Crippen LogP contribution is -2.02. The number of nitrogen functional groups attached to an aromatic ring is 1. The van der Waals surface area contributed by atoms with Crippen LogP contribution in [0.2, 0.25) is 10.0 Å². The van der Waals surface area contributed by atoms with E-state index < -0.39 is 10.8 Å². The van der Waals surface area contributed by atoms with E-state index in [0.717, 1.165) is 5.56 Å². The first-order valence-corrected chi connectivity index (χ1v) is 7.84. The lowest BCUT2D eigenvalue weighted by molar-refractivity contribution is 0.413. The molecule has 1 atom stereocenters. The SMILES string of the molecule is COc1ccc(N)c(S(=O)Cc2cc(Cl)ccc2Cl)c1. The Hall–Kier alpha value is -1.23. The molecule has 6 heteroatoms. The van der Waals surface area contributed by atoms with Crippen LogP contribution < -0.4 is 10.5 Å². The molecule has 3 nitrogen and oxygen atoms in total. The van der Waals surface area contributed by atoms with Gasteiger partial charge in [-0.3, -0.25) is 4.21 Å². The van der Waals surface area contributed by atoms with Crippen molar-refractivity contribution in [1.29, 1.82) is 0 Å². The summed E-state index contributed by atoms with van der Waals surface area (Å²) >= 11 is 12.0. The van der Waals surface area contributed by atoms with Crippen molar-refractivity contribution in [1.82, 2.24) is 0 Å². The highest BCUT2D eigenvalue weighted by atomic mass is 35.5. The molecule has 0 amide bonds. The molecule has 0 heterocycles. The highest BCUT2D eigenvalue weighted by Gasteiger charge is 2.12. The number of ether oxygens (including phenoxy) is 1. The van der Waals surface area contributed by atoms with E-state index in [1.165, 1.54) is 0 Å². The van der Waals surface area contributed by atoms with Crippen molar-refractivity contribution < 1.29 is 8.95 Å². The quantitative estimate of drug-likeness (QED) is 0.865. The van der Waals surface area contributed by atoms with Gasteiger partial charge in [-0.1, -0.05) is 23.2 Å². The first kappa shape index (κ1) is 15.2. The fourth-order valence-corrected chi connectivity index (χ4v) is 3.43. The Bertz CT molecular complexity index is 662. The van der Waals surface area contributed by atoms with E-state index in [0.29, 0.717) is 26.4 Å². The van der Waals surface area contributed by atoms with Crippen molar-refractivity contribution in [3.8, 4) is 5.75 Å². The average Bonchev–Trinajstić information content (AvgIpc) is 2.43. The standard InChI is InChI=1S/C14H13Cl2NO2S/c1-19-11-3-5-13(17)14(7-11)20(18)8-9-6-10(15)2-4-12(9)16/h2-7H,8,17H2,1H3. The molecule has 2 aromatic rings. The second-order valence-electron chi connectivity index (χ2n) is 4.13. The zero-order valence-electron chi connectivity index (χ0n) is 10.7. The molecule has 0 fully saturated rings. The summed E-state index contributed by atoms with van der Waals surface area (Å²) in [7, 11) is 0.223. The Morgan fingerprint density at radius 2 is 1.95 bits per heavy atom. The monoisotopic (exact) mass is 329 g/mol. The van der Waals surface area contributed by atoms with Crippen molar-refractivity contribution in [3.63, 3.8) is 0 Å². The molecular formula is C14H13Cl2NO2S. The predicted molar refractivity (Wildman–Crippen MR) is 84.0 cm³/mol. The first-order chi connectivity index (χ1) is 9.51. The van der Waals surface area contributed by atoms with Gasteiger partial charge >= 0.3 is 0 Å². The minimum atomic E-state index is -1.32. The van der Waals surface area contributed by atoms with E-state index in [9.17, 15) is 4.21 Å². The highest BCUT2D eigenvalue weighted by Crippen LogP contribution is 2.27. The summed E-state index contributed by atoms with van der Waals surface area (Å²) < 4.78 is 17.6. The van der Waals surface area contributed by atoms with Crippen LogP contribution in [0.4, 0.5) is 5.69 Å². The third kappa shape index (κ3) is 3.45. The molecule has 0 aromatic heterocycles. The summed E-state index contributed by atoms with van der Waals surface area (Å²) in [6.07, 6.45) is 0. The third-order valence-electron chi connectivity index (χ3n) is 2.76. The van der Waals surface area contributed by atoms with Crippen LogP contribution in [0.3, 0.4) is 0 Å². The van der Waals surface area contributed by atoms with Crippen LogP contribution in [0.5, 0.6) is 5.75 Å². The van der Waals surface area contributed by atoms with E-state index in [2.05, 4.69) is 0 Å². The van der Waals surface area contributed by atoms with Gasteiger partial charge in [0.1, 0.15) is 5.75 Å². The molecule has 0 radical (unpaired) electrons. The van der Waals surface area contributed by atoms with Gasteiger partial charge in [0.05, 0.1) is 28.6 Å². The number of benzene rings is 2. The predicted octanol–water partition coefficient (Wildman–Crippen LogP) is 3.89. The summed E-state index contributed by atoms with van der Waals surface area (Å²) in [4.78, 5) is 0.528. The summed E-state index contributed by atoms with van der Waals surface area (Å²) in [6, 6.07) is 10.2. The van der Waals surface area contributed by atoms with Crippen LogP contribution >= 0.6 is 23.2 Å². The number of hydrogen-bond acceptors (Lipinski definition) is 3. The molecule has 2 rings (SSSR count). The van der Waals surface area contributed by atoms with Crippen molar-refractivity contribution in [2.45, 2.75) is 10.6 Å². The number of halogens is 2. The summed E-state index contributed by atoms with van der Waals surface area (Å²) in [6.45, 7) is 0. The van der Waals surface area contributed by atoms with Crippen LogP contribution in [-0.4, -0.2) is 11.3 Å². The van der Waals surface area contributed by atoms with E-state index in [1.54, 1.807) is 43.5 Å². The normalized spacial score (nSPS) is 12.2. The van der Waals surface area contributed by atoms with Crippen molar-refractivity contribution in [2.75, 3.05) is 12.8 Å². The van der Waals surface area contributed by atoms with Crippen molar-refractivity contribution in [2.24, 2.45) is 0 Å².